The first-order valence-electron chi connectivity index (χ1n) is 14.3. The topological polar surface area (TPSA) is 211 Å². The third kappa shape index (κ3) is 15.7. The van der Waals surface area contributed by atoms with Crippen molar-refractivity contribution in [1.29, 1.82) is 0 Å². The number of hydrogen-bond acceptors (Lipinski definition) is 15. The third-order valence-electron chi connectivity index (χ3n) is 6.83. The van der Waals surface area contributed by atoms with Gasteiger partial charge in [0.1, 0.15) is 37.8 Å². The standard InChI is InChI=1S/C28H41F3N2O13/c29-28(30,31)19-6-5-7-21(14-19)43-16-20(34)10-11-24-23(25(35)15-26(24)36)8-3-1-2-4-9-27(37)44-17-22(18-46-33(40)41)42-12-13-45-32(38)39/h1,3,5-7,10-11,14,20,22-26,34-36,38-41H,2,4,8-9,12-13,15-18H2/b3-1-,11-10+/t20-,22?,23-,24-,25+,26-/m1/s1. The van der Waals surface area contributed by atoms with Crippen LogP contribution in [0.5, 0.6) is 5.75 Å². The highest BCUT2D eigenvalue weighted by atomic mass is 19.4. The van der Waals surface area contributed by atoms with Crippen molar-refractivity contribution in [2.75, 3.05) is 33.0 Å². The number of carbonyl (C=O) groups is 1. The van der Waals surface area contributed by atoms with Gasteiger partial charge in [-0.15, -0.1) is 0 Å². The summed E-state index contributed by atoms with van der Waals surface area (Å²) in [5, 5.41) is 64.4. The van der Waals surface area contributed by atoms with Gasteiger partial charge in [0, 0.05) is 18.8 Å². The van der Waals surface area contributed by atoms with E-state index < -0.39 is 65.4 Å². The van der Waals surface area contributed by atoms with Gasteiger partial charge in [0.2, 0.25) is 0 Å². The lowest BCUT2D eigenvalue weighted by Gasteiger charge is -2.20. The third-order valence-corrected chi connectivity index (χ3v) is 6.83. The van der Waals surface area contributed by atoms with Gasteiger partial charge in [0.05, 0.1) is 41.8 Å². The second-order valence-electron chi connectivity index (χ2n) is 10.3. The fourth-order valence-electron chi connectivity index (χ4n) is 4.58. The van der Waals surface area contributed by atoms with E-state index in [2.05, 4.69) is 9.68 Å². The zero-order valence-electron chi connectivity index (χ0n) is 24.8. The Morgan fingerprint density at radius 2 is 1.74 bits per heavy atom. The monoisotopic (exact) mass is 670 g/mol. The average Bonchev–Trinajstić information content (AvgIpc) is 3.26. The van der Waals surface area contributed by atoms with Crippen LogP contribution in [0.3, 0.4) is 0 Å². The summed E-state index contributed by atoms with van der Waals surface area (Å²) in [6.07, 6.45) is -0.234. The minimum atomic E-state index is -4.53. The second kappa shape index (κ2) is 20.5. The van der Waals surface area contributed by atoms with Crippen molar-refractivity contribution >= 4 is 5.97 Å². The maximum absolute atomic E-state index is 12.9. The van der Waals surface area contributed by atoms with E-state index in [0.717, 1.165) is 12.1 Å². The summed E-state index contributed by atoms with van der Waals surface area (Å²) in [5.41, 5.74) is -0.876. The molecule has 1 saturated carbocycles. The molecule has 1 unspecified atom stereocenters. The number of allylic oxidation sites excluding steroid dienone is 2. The van der Waals surface area contributed by atoms with Gasteiger partial charge < -0.3 is 29.5 Å². The van der Waals surface area contributed by atoms with E-state index in [1.807, 2.05) is 12.2 Å². The number of halogens is 3. The number of aliphatic hydroxyl groups is 3. The van der Waals surface area contributed by atoms with Gasteiger partial charge in [0.15, 0.2) is 0 Å². The number of nitrogens with zero attached hydrogens (tertiary/aromatic N) is 2. The number of carbonyl (C=O) groups excluding carboxylic acids is 1. The van der Waals surface area contributed by atoms with Crippen LogP contribution in [-0.4, -0.2) is 110 Å². The molecule has 6 atom stereocenters. The number of unbranched alkanes of at least 4 members (excludes halogenated alkanes) is 1. The van der Waals surface area contributed by atoms with Crippen LogP contribution in [0.25, 0.3) is 0 Å². The van der Waals surface area contributed by atoms with Crippen LogP contribution >= 0.6 is 0 Å². The Balaban J connectivity index is 1.74. The van der Waals surface area contributed by atoms with Crippen LogP contribution < -0.4 is 4.74 Å². The van der Waals surface area contributed by atoms with Crippen molar-refractivity contribution in [3.8, 4) is 5.75 Å². The Labute approximate surface area is 262 Å². The molecular weight excluding hydrogens is 629 g/mol. The van der Waals surface area contributed by atoms with Gasteiger partial charge in [-0.2, -0.15) is 13.2 Å². The maximum Gasteiger partial charge on any atom is 0.416 e. The molecule has 2 rings (SSSR count). The molecule has 0 saturated heterocycles. The fraction of sp³-hybridized carbons (Fsp3) is 0.607. The molecule has 0 heterocycles. The van der Waals surface area contributed by atoms with E-state index in [-0.39, 0.29) is 50.9 Å². The summed E-state index contributed by atoms with van der Waals surface area (Å²) < 4.78 is 54.3. The van der Waals surface area contributed by atoms with E-state index in [4.69, 9.17) is 35.0 Å². The van der Waals surface area contributed by atoms with Crippen molar-refractivity contribution < 1.29 is 78.0 Å². The van der Waals surface area contributed by atoms with Crippen LogP contribution in [0, 0.1) is 11.8 Å². The summed E-state index contributed by atoms with van der Waals surface area (Å²) >= 11 is 0. The lowest BCUT2D eigenvalue weighted by atomic mass is 9.89. The molecule has 0 bridgehead atoms. The van der Waals surface area contributed by atoms with E-state index in [0.29, 0.717) is 19.3 Å². The first-order valence-corrected chi connectivity index (χ1v) is 14.3. The minimum Gasteiger partial charge on any atom is -0.491 e. The molecule has 0 aromatic heterocycles. The SMILES string of the molecule is O=C(CCC/C=C\C[C@@H]1[C@@H](/C=C/[C@@H](O)COc2cccc(C(F)(F)F)c2)[C@H](O)C[C@@H]1O)OCC(CON(O)O)OCCON(O)O. The Morgan fingerprint density at radius 1 is 1.00 bits per heavy atom. The quantitative estimate of drug-likeness (QED) is 0.0433. The molecule has 1 aromatic carbocycles. The van der Waals surface area contributed by atoms with Crippen LogP contribution in [0.4, 0.5) is 13.2 Å². The molecule has 15 nitrogen and oxygen atoms in total. The van der Waals surface area contributed by atoms with Crippen molar-refractivity contribution in [1.82, 2.24) is 10.8 Å². The first-order chi connectivity index (χ1) is 21.8. The maximum atomic E-state index is 12.9. The lowest BCUT2D eigenvalue weighted by Crippen LogP contribution is -2.32. The summed E-state index contributed by atoms with van der Waals surface area (Å²) in [7, 11) is 0. The highest BCUT2D eigenvalue weighted by Crippen LogP contribution is 2.36. The largest absolute Gasteiger partial charge is 0.491 e. The zero-order valence-corrected chi connectivity index (χ0v) is 24.8. The van der Waals surface area contributed by atoms with Gasteiger partial charge in [0.25, 0.3) is 0 Å². The van der Waals surface area contributed by atoms with E-state index >= 15 is 0 Å². The molecule has 1 aliphatic rings. The highest BCUT2D eigenvalue weighted by Gasteiger charge is 2.39. The summed E-state index contributed by atoms with van der Waals surface area (Å²) in [4.78, 5) is 20.9. The van der Waals surface area contributed by atoms with Gasteiger partial charge in [-0.05, 0) is 43.4 Å². The van der Waals surface area contributed by atoms with Crippen LogP contribution in [-0.2, 0) is 30.1 Å². The second-order valence-corrected chi connectivity index (χ2v) is 10.3. The number of ether oxygens (including phenoxy) is 3. The van der Waals surface area contributed by atoms with E-state index in [1.54, 1.807) is 6.08 Å². The first kappa shape index (κ1) is 39.5. The predicted octanol–water partition coefficient (Wildman–Crippen LogP) is 2.43. The molecule has 0 aliphatic heterocycles. The van der Waals surface area contributed by atoms with Gasteiger partial charge in [-0.25, -0.2) is 9.68 Å². The number of rotatable bonds is 21. The zero-order chi connectivity index (χ0) is 34.1. The summed E-state index contributed by atoms with van der Waals surface area (Å²) in [5.74, 6) is -1.46. The van der Waals surface area contributed by atoms with Crippen molar-refractivity contribution in [2.45, 2.75) is 62.7 Å². The van der Waals surface area contributed by atoms with Crippen molar-refractivity contribution in [2.24, 2.45) is 11.8 Å². The summed E-state index contributed by atoms with van der Waals surface area (Å²) in [6.45, 7) is -1.47. The lowest BCUT2D eigenvalue weighted by molar-refractivity contribution is -0.497. The number of esters is 1. The van der Waals surface area contributed by atoms with E-state index in [1.165, 1.54) is 18.2 Å². The molecule has 46 heavy (non-hydrogen) atoms. The highest BCUT2D eigenvalue weighted by molar-refractivity contribution is 5.69. The minimum absolute atomic E-state index is 0.0493. The smallest absolute Gasteiger partial charge is 0.416 e. The Bertz CT molecular complexity index is 1080. The fourth-order valence-corrected chi connectivity index (χ4v) is 4.58. The molecule has 1 aromatic rings. The van der Waals surface area contributed by atoms with Crippen LogP contribution in [0.1, 0.15) is 37.7 Å². The molecular formula is C28H41F3N2O13. The molecule has 7 N–H and O–H groups in total. The average molecular weight is 671 g/mol. The molecule has 0 amide bonds. The van der Waals surface area contributed by atoms with Gasteiger partial charge in [-0.1, -0.05) is 30.4 Å². The van der Waals surface area contributed by atoms with Gasteiger partial charge >= 0.3 is 12.1 Å². The Kier molecular flexibility index (Phi) is 17.6. The summed E-state index contributed by atoms with van der Waals surface area (Å²) in [6, 6.07) is 4.28. The number of alkyl halides is 3. The molecule has 0 spiro atoms. The Hall–Kier alpha value is -2.72. The van der Waals surface area contributed by atoms with Crippen molar-refractivity contribution in [3.05, 3.63) is 54.1 Å². The molecule has 262 valence electrons. The molecule has 1 fully saturated rings. The molecule has 0 radical (unpaired) electrons. The number of hydrogen-bond donors (Lipinski definition) is 7. The van der Waals surface area contributed by atoms with Crippen molar-refractivity contribution in [3.63, 3.8) is 0 Å². The van der Waals surface area contributed by atoms with E-state index in [9.17, 15) is 33.3 Å². The molecule has 1 aliphatic carbocycles. The van der Waals surface area contributed by atoms with Crippen LogP contribution in [0.15, 0.2) is 48.6 Å². The number of aliphatic hydroxyl groups excluding tert-OH is 3. The van der Waals surface area contributed by atoms with Crippen LogP contribution in [0.2, 0.25) is 0 Å². The molecule has 18 heteroatoms. The predicted molar refractivity (Wildman–Crippen MR) is 147 cm³/mol. The number of benzene rings is 1. The Morgan fingerprint density at radius 3 is 2.43 bits per heavy atom. The van der Waals surface area contributed by atoms with Gasteiger partial charge in [-0.3, -0.25) is 25.6 Å². The normalized spacial score (nSPS) is 21.9.